The van der Waals surface area contributed by atoms with Crippen LogP contribution in [-0.4, -0.2) is 74.7 Å². The Kier molecular flexibility index (Phi) is 13.1. The highest BCUT2D eigenvalue weighted by molar-refractivity contribution is 14.0. The molecule has 0 bridgehead atoms. The summed E-state index contributed by atoms with van der Waals surface area (Å²) in [5.74, 6) is 0.992. The van der Waals surface area contributed by atoms with E-state index in [2.05, 4.69) is 20.1 Å². The van der Waals surface area contributed by atoms with Gasteiger partial charge in [-0.1, -0.05) is 12.8 Å². The van der Waals surface area contributed by atoms with Crippen LogP contribution in [0.5, 0.6) is 0 Å². The Hall–Kier alpha value is -0.570. The van der Waals surface area contributed by atoms with Crippen LogP contribution in [0.1, 0.15) is 58.3 Å². The molecule has 0 spiro atoms. The van der Waals surface area contributed by atoms with Crippen molar-refractivity contribution in [1.29, 1.82) is 0 Å². The van der Waals surface area contributed by atoms with Gasteiger partial charge in [-0.05, 0) is 65.1 Å². The van der Waals surface area contributed by atoms with E-state index < -0.39 is 0 Å². The molecule has 0 unspecified atom stereocenters. The molecule has 1 N–H and O–H groups in total. The molecule has 2 saturated heterocycles. The SMILES string of the molecule is CCOC(=O)C1CCN(C(=NC)NCCCCCN2CCCCC2)CC1.I. The number of carbonyl (C=O) groups excluding carboxylic acids is 1. The van der Waals surface area contributed by atoms with Gasteiger partial charge in [-0.25, -0.2) is 0 Å². The number of unbranched alkanes of at least 4 members (excludes halogenated alkanes) is 2. The van der Waals surface area contributed by atoms with Gasteiger partial charge in [0.2, 0.25) is 0 Å². The first-order valence-electron chi connectivity index (χ1n) is 10.6. The molecule has 2 fully saturated rings. The van der Waals surface area contributed by atoms with Crippen molar-refractivity contribution in [3.63, 3.8) is 0 Å². The van der Waals surface area contributed by atoms with Crippen LogP contribution < -0.4 is 5.32 Å². The van der Waals surface area contributed by atoms with Gasteiger partial charge in [0, 0.05) is 26.7 Å². The number of carbonyl (C=O) groups is 1. The maximum absolute atomic E-state index is 11.8. The molecule has 27 heavy (non-hydrogen) atoms. The number of hydrogen-bond acceptors (Lipinski definition) is 4. The number of esters is 1. The highest BCUT2D eigenvalue weighted by Crippen LogP contribution is 2.18. The van der Waals surface area contributed by atoms with Crippen molar-refractivity contribution in [1.82, 2.24) is 15.1 Å². The number of nitrogens with one attached hydrogen (secondary N) is 1. The largest absolute Gasteiger partial charge is 0.466 e. The third kappa shape index (κ3) is 8.98. The minimum Gasteiger partial charge on any atom is -0.466 e. The van der Waals surface area contributed by atoms with E-state index in [1.807, 2.05) is 14.0 Å². The lowest BCUT2D eigenvalue weighted by atomic mass is 9.97. The Bertz CT molecular complexity index is 434. The van der Waals surface area contributed by atoms with E-state index in [0.29, 0.717) is 6.61 Å². The summed E-state index contributed by atoms with van der Waals surface area (Å²) in [6.45, 7) is 8.92. The maximum Gasteiger partial charge on any atom is 0.309 e. The summed E-state index contributed by atoms with van der Waals surface area (Å²) in [6.07, 6.45) is 9.64. The highest BCUT2D eigenvalue weighted by atomic mass is 127. The molecule has 0 aromatic rings. The van der Waals surface area contributed by atoms with Crippen LogP contribution in [-0.2, 0) is 9.53 Å². The third-order valence-electron chi connectivity index (χ3n) is 5.51. The van der Waals surface area contributed by atoms with E-state index >= 15 is 0 Å². The minimum absolute atomic E-state index is 0. The van der Waals surface area contributed by atoms with Crippen LogP contribution in [0, 0.1) is 5.92 Å². The number of ether oxygens (including phenoxy) is 1. The summed E-state index contributed by atoms with van der Waals surface area (Å²) in [5, 5.41) is 3.49. The van der Waals surface area contributed by atoms with E-state index in [4.69, 9.17) is 4.74 Å². The zero-order valence-corrected chi connectivity index (χ0v) is 19.6. The number of hydrogen-bond donors (Lipinski definition) is 1. The van der Waals surface area contributed by atoms with Crippen molar-refractivity contribution in [2.45, 2.75) is 58.3 Å². The van der Waals surface area contributed by atoms with Crippen LogP contribution >= 0.6 is 24.0 Å². The van der Waals surface area contributed by atoms with Crippen molar-refractivity contribution in [3.05, 3.63) is 0 Å². The van der Waals surface area contributed by atoms with Crippen molar-refractivity contribution >= 4 is 35.9 Å². The summed E-state index contributed by atoms with van der Waals surface area (Å²) < 4.78 is 5.14. The Labute approximate surface area is 182 Å². The fourth-order valence-corrected chi connectivity index (χ4v) is 3.94. The quantitative estimate of drug-likeness (QED) is 0.185. The van der Waals surface area contributed by atoms with E-state index in [0.717, 1.165) is 38.4 Å². The zero-order valence-electron chi connectivity index (χ0n) is 17.3. The smallest absolute Gasteiger partial charge is 0.309 e. The van der Waals surface area contributed by atoms with Gasteiger partial charge in [-0.15, -0.1) is 24.0 Å². The normalized spacial score (nSPS) is 19.5. The van der Waals surface area contributed by atoms with E-state index in [1.165, 1.54) is 58.2 Å². The molecular weight excluding hydrogens is 455 g/mol. The third-order valence-corrected chi connectivity index (χ3v) is 5.51. The first-order valence-corrected chi connectivity index (χ1v) is 10.6. The molecule has 7 heteroatoms. The topological polar surface area (TPSA) is 57.2 Å². The zero-order chi connectivity index (χ0) is 18.6. The highest BCUT2D eigenvalue weighted by Gasteiger charge is 2.27. The van der Waals surface area contributed by atoms with Crippen LogP contribution in [0.15, 0.2) is 4.99 Å². The molecule has 0 aliphatic carbocycles. The van der Waals surface area contributed by atoms with Gasteiger partial charge in [-0.3, -0.25) is 9.79 Å². The summed E-state index contributed by atoms with van der Waals surface area (Å²) in [7, 11) is 1.84. The predicted octanol–water partition coefficient (Wildman–Crippen LogP) is 3.11. The fourth-order valence-electron chi connectivity index (χ4n) is 3.94. The van der Waals surface area contributed by atoms with Crippen molar-refractivity contribution in [3.8, 4) is 0 Å². The van der Waals surface area contributed by atoms with Crippen molar-refractivity contribution in [2.24, 2.45) is 10.9 Å². The van der Waals surface area contributed by atoms with Gasteiger partial charge in [0.25, 0.3) is 0 Å². The Balaban J connectivity index is 0.00000364. The lowest BCUT2D eigenvalue weighted by Gasteiger charge is -2.33. The summed E-state index contributed by atoms with van der Waals surface area (Å²) in [5.41, 5.74) is 0. The molecule has 0 aromatic carbocycles. The number of halogens is 1. The molecule has 0 amide bonds. The van der Waals surface area contributed by atoms with Gasteiger partial charge in [0.15, 0.2) is 5.96 Å². The van der Waals surface area contributed by atoms with E-state index in [1.54, 1.807) is 0 Å². The van der Waals surface area contributed by atoms with Gasteiger partial charge in [-0.2, -0.15) is 0 Å². The molecule has 2 aliphatic rings. The second-order valence-electron chi connectivity index (χ2n) is 7.45. The molecule has 0 radical (unpaired) electrons. The van der Waals surface area contributed by atoms with Crippen molar-refractivity contribution in [2.75, 3.05) is 52.9 Å². The predicted molar refractivity (Wildman–Crippen MR) is 122 cm³/mol. The van der Waals surface area contributed by atoms with Crippen LogP contribution in [0.2, 0.25) is 0 Å². The number of guanidine groups is 1. The van der Waals surface area contributed by atoms with E-state index in [-0.39, 0.29) is 35.9 Å². The second-order valence-corrected chi connectivity index (χ2v) is 7.45. The fraction of sp³-hybridized carbons (Fsp3) is 0.900. The molecule has 0 atom stereocenters. The van der Waals surface area contributed by atoms with Crippen LogP contribution in [0.25, 0.3) is 0 Å². The summed E-state index contributed by atoms with van der Waals surface area (Å²) in [4.78, 5) is 21.1. The molecule has 0 saturated carbocycles. The first kappa shape index (κ1) is 24.5. The number of rotatable bonds is 8. The lowest BCUT2D eigenvalue weighted by molar-refractivity contribution is -0.149. The number of piperidine rings is 2. The second kappa shape index (κ2) is 14.4. The number of aliphatic imine (C=N–C) groups is 1. The van der Waals surface area contributed by atoms with Gasteiger partial charge < -0.3 is 19.9 Å². The number of likely N-dealkylation sites (tertiary alicyclic amines) is 2. The van der Waals surface area contributed by atoms with Gasteiger partial charge >= 0.3 is 5.97 Å². The van der Waals surface area contributed by atoms with Crippen LogP contribution in [0.3, 0.4) is 0 Å². The first-order chi connectivity index (χ1) is 12.7. The van der Waals surface area contributed by atoms with Crippen LogP contribution in [0.4, 0.5) is 0 Å². The van der Waals surface area contributed by atoms with Gasteiger partial charge in [0.05, 0.1) is 12.5 Å². The monoisotopic (exact) mass is 494 g/mol. The molecule has 0 aromatic heterocycles. The standard InChI is InChI=1S/C20H38N4O2.HI/c1-3-26-19(25)18-10-16-24(17-11-18)20(21-2)22-12-6-4-7-13-23-14-8-5-9-15-23;/h18H,3-17H2,1-2H3,(H,21,22);1H. The Morgan fingerprint density at radius 1 is 1.07 bits per heavy atom. The summed E-state index contributed by atoms with van der Waals surface area (Å²) >= 11 is 0. The maximum atomic E-state index is 11.8. The average molecular weight is 494 g/mol. The van der Waals surface area contributed by atoms with E-state index in [9.17, 15) is 4.79 Å². The van der Waals surface area contributed by atoms with Crippen molar-refractivity contribution < 1.29 is 9.53 Å². The molecule has 2 rings (SSSR count). The molecule has 2 aliphatic heterocycles. The molecule has 2 heterocycles. The Morgan fingerprint density at radius 3 is 2.41 bits per heavy atom. The number of nitrogens with zero attached hydrogens (tertiary/aromatic N) is 3. The molecular formula is C20H39IN4O2. The average Bonchev–Trinajstić information content (AvgIpc) is 2.69. The minimum atomic E-state index is -0.0381. The molecule has 158 valence electrons. The summed E-state index contributed by atoms with van der Waals surface area (Å²) in [6, 6.07) is 0. The van der Waals surface area contributed by atoms with Gasteiger partial charge in [0.1, 0.15) is 0 Å². The molecule has 6 nitrogen and oxygen atoms in total. The lowest BCUT2D eigenvalue weighted by Crippen LogP contribution is -2.46. The Morgan fingerprint density at radius 2 is 1.78 bits per heavy atom.